The van der Waals surface area contributed by atoms with Crippen LogP contribution in [0.25, 0.3) is 23.0 Å². The number of rotatable bonds is 8. The fraction of sp³-hybridized carbons (Fsp3) is 0.143. The molecule has 2 atom stereocenters. The summed E-state index contributed by atoms with van der Waals surface area (Å²) in [5, 5.41) is 23.7. The predicted octanol–water partition coefficient (Wildman–Crippen LogP) is 4.28. The van der Waals surface area contributed by atoms with Gasteiger partial charge in [-0.3, -0.25) is 9.78 Å². The Morgan fingerprint density at radius 2 is 1.87 bits per heavy atom. The topological polar surface area (TPSA) is 151 Å². The van der Waals surface area contributed by atoms with Crippen molar-refractivity contribution in [2.24, 2.45) is 0 Å². The number of benzene rings is 2. The van der Waals surface area contributed by atoms with Gasteiger partial charge in [0.1, 0.15) is 17.1 Å². The molecule has 39 heavy (non-hydrogen) atoms. The molecule has 1 aliphatic heterocycles. The second kappa shape index (κ2) is 10.3. The second-order valence-electron chi connectivity index (χ2n) is 9.01. The van der Waals surface area contributed by atoms with Crippen molar-refractivity contribution >= 4 is 23.4 Å². The number of aliphatic hydroxyl groups is 1. The van der Waals surface area contributed by atoms with Crippen LogP contribution in [0.2, 0.25) is 0 Å². The van der Waals surface area contributed by atoms with Crippen molar-refractivity contribution < 1.29 is 14.4 Å². The van der Waals surface area contributed by atoms with Gasteiger partial charge >= 0.3 is 0 Å². The van der Waals surface area contributed by atoms with Crippen molar-refractivity contribution in [2.75, 3.05) is 17.2 Å². The first-order valence-electron chi connectivity index (χ1n) is 12.4. The molecule has 0 fully saturated rings. The van der Waals surface area contributed by atoms with Gasteiger partial charge in [0.05, 0.1) is 18.7 Å². The van der Waals surface area contributed by atoms with Crippen LogP contribution >= 0.6 is 0 Å². The largest absolute Gasteiger partial charge is 0.394 e. The van der Waals surface area contributed by atoms with Crippen molar-refractivity contribution in [2.45, 2.75) is 19.0 Å². The number of anilines is 3. The third-order valence-corrected chi connectivity index (χ3v) is 6.40. The zero-order chi connectivity index (χ0) is 26.8. The van der Waals surface area contributed by atoms with Crippen LogP contribution < -0.4 is 16.0 Å². The molecule has 1 unspecified atom stereocenters. The number of pyridine rings is 1. The number of fused-ring (bicyclic) bond motifs is 1. The monoisotopic (exact) mass is 520 g/mol. The van der Waals surface area contributed by atoms with Gasteiger partial charge in [0.2, 0.25) is 11.8 Å². The van der Waals surface area contributed by atoms with E-state index in [1.165, 1.54) is 0 Å². The molecular weight excluding hydrogens is 496 g/mol. The number of carbonyl (C=O) groups is 1. The fourth-order valence-electron chi connectivity index (χ4n) is 4.41. The summed E-state index contributed by atoms with van der Waals surface area (Å²) in [6, 6.07) is 19.9. The maximum atomic E-state index is 12.1. The average Bonchev–Trinajstić information content (AvgIpc) is 3.57. The van der Waals surface area contributed by atoms with E-state index in [2.05, 4.69) is 36.1 Å². The maximum absolute atomic E-state index is 12.1. The quantitative estimate of drug-likeness (QED) is 0.233. The maximum Gasteiger partial charge on any atom is 0.263 e. The number of nitrogens with zero attached hydrogens (tertiary/aromatic N) is 5. The van der Waals surface area contributed by atoms with Crippen LogP contribution in [0, 0.1) is 0 Å². The molecule has 1 aliphatic rings. The van der Waals surface area contributed by atoms with Crippen LogP contribution in [0.4, 0.5) is 17.5 Å². The van der Waals surface area contributed by atoms with Crippen LogP contribution in [-0.4, -0.2) is 42.7 Å². The number of aliphatic hydroxyl groups excluding tert-OH is 1. The molecule has 4 heterocycles. The van der Waals surface area contributed by atoms with Crippen molar-refractivity contribution in [3.8, 4) is 23.0 Å². The summed E-state index contributed by atoms with van der Waals surface area (Å²) in [6.07, 6.45) is 3.23. The number of aromatic nitrogens is 5. The molecule has 0 radical (unpaired) electrons. The van der Waals surface area contributed by atoms with Gasteiger partial charge in [0.15, 0.2) is 0 Å². The summed E-state index contributed by atoms with van der Waals surface area (Å²) in [7, 11) is 0. The Kier molecular flexibility index (Phi) is 6.39. The van der Waals surface area contributed by atoms with E-state index >= 15 is 0 Å². The first kappa shape index (κ1) is 24.2. The Bertz CT molecular complexity index is 1620. The van der Waals surface area contributed by atoms with Gasteiger partial charge in [-0.05, 0) is 48.4 Å². The predicted molar refractivity (Wildman–Crippen MR) is 144 cm³/mol. The minimum Gasteiger partial charge on any atom is -0.394 e. The van der Waals surface area contributed by atoms with E-state index < -0.39 is 6.04 Å². The summed E-state index contributed by atoms with van der Waals surface area (Å²) in [5.41, 5.74) is 4.19. The second-order valence-corrected chi connectivity index (χ2v) is 9.01. The number of amides is 1. The molecule has 0 saturated heterocycles. The summed E-state index contributed by atoms with van der Waals surface area (Å²) >= 11 is 0. The van der Waals surface area contributed by atoms with Crippen molar-refractivity contribution in [3.05, 3.63) is 95.8 Å². The van der Waals surface area contributed by atoms with E-state index in [4.69, 9.17) is 9.51 Å². The molecule has 0 saturated carbocycles. The SMILES string of the molecule is CC1NC(=O)c2ccc(Nc3ncc(-c4nc(-c5ccccn5)no4)c(N[C@H](CO)c4ccccc4)n3)cc21. The van der Waals surface area contributed by atoms with Crippen LogP contribution in [-0.2, 0) is 0 Å². The zero-order valence-electron chi connectivity index (χ0n) is 20.9. The molecular formula is C28H24N8O3. The molecule has 2 aromatic carbocycles. The highest BCUT2D eigenvalue weighted by Crippen LogP contribution is 2.32. The van der Waals surface area contributed by atoms with E-state index in [-0.39, 0.29) is 24.4 Å². The Balaban J connectivity index is 1.36. The lowest BCUT2D eigenvalue weighted by molar-refractivity contribution is 0.0958. The van der Waals surface area contributed by atoms with Gasteiger partial charge < -0.3 is 25.6 Å². The summed E-state index contributed by atoms with van der Waals surface area (Å²) in [4.78, 5) is 30.0. The van der Waals surface area contributed by atoms with E-state index in [1.807, 2.05) is 49.4 Å². The Morgan fingerprint density at radius 1 is 1.03 bits per heavy atom. The first-order valence-corrected chi connectivity index (χ1v) is 12.4. The highest BCUT2D eigenvalue weighted by Gasteiger charge is 2.25. The molecule has 11 nitrogen and oxygen atoms in total. The normalized spacial score (nSPS) is 14.9. The lowest BCUT2D eigenvalue weighted by Crippen LogP contribution is -2.17. The minimum atomic E-state index is -0.455. The molecule has 3 aromatic heterocycles. The smallest absolute Gasteiger partial charge is 0.263 e. The number of hydrogen-bond donors (Lipinski definition) is 4. The van der Waals surface area contributed by atoms with Gasteiger partial charge in [0.25, 0.3) is 11.8 Å². The number of hydrogen-bond acceptors (Lipinski definition) is 10. The van der Waals surface area contributed by atoms with E-state index in [1.54, 1.807) is 36.7 Å². The summed E-state index contributed by atoms with van der Waals surface area (Å²) in [6.45, 7) is 1.76. The first-order chi connectivity index (χ1) is 19.1. The highest BCUT2D eigenvalue weighted by atomic mass is 16.5. The Hall–Kier alpha value is -5.16. The van der Waals surface area contributed by atoms with Gasteiger partial charge in [-0.2, -0.15) is 9.97 Å². The van der Waals surface area contributed by atoms with Crippen LogP contribution in [0.15, 0.2) is 83.6 Å². The third-order valence-electron chi connectivity index (χ3n) is 6.40. The molecule has 0 aliphatic carbocycles. The van der Waals surface area contributed by atoms with Gasteiger partial charge in [-0.1, -0.05) is 41.6 Å². The van der Waals surface area contributed by atoms with Crippen LogP contribution in [0.1, 0.15) is 40.5 Å². The van der Waals surface area contributed by atoms with Crippen molar-refractivity contribution in [1.29, 1.82) is 0 Å². The molecule has 0 spiro atoms. The Morgan fingerprint density at radius 3 is 2.67 bits per heavy atom. The number of carbonyl (C=O) groups excluding carboxylic acids is 1. The van der Waals surface area contributed by atoms with Gasteiger partial charge in [0, 0.05) is 23.6 Å². The average molecular weight is 521 g/mol. The molecule has 4 N–H and O–H groups in total. The van der Waals surface area contributed by atoms with E-state index in [0.29, 0.717) is 34.4 Å². The fourth-order valence-corrected chi connectivity index (χ4v) is 4.41. The van der Waals surface area contributed by atoms with E-state index in [9.17, 15) is 9.90 Å². The van der Waals surface area contributed by atoms with Crippen LogP contribution in [0.3, 0.4) is 0 Å². The molecule has 1 amide bonds. The standard InChI is InChI=1S/C28H24N8O3/c1-16-20-13-18(10-11-19(20)26(38)31-16)32-28-30-14-21(27-34-25(36-39-27)22-9-5-6-12-29-22)24(35-28)33-23(15-37)17-7-3-2-4-8-17/h2-14,16,23,37H,15H2,1H3,(H,31,38)(H2,30,32,33,35)/t16?,23-/m1/s1. The molecule has 6 rings (SSSR count). The Labute approximate surface area is 223 Å². The van der Waals surface area contributed by atoms with Crippen molar-refractivity contribution in [3.63, 3.8) is 0 Å². The molecule has 5 aromatic rings. The number of nitrogens with one attached hydrogen (secondary N) is 3. The van der Waals surface area contributed by atoms with Gasteiger partial charge in [-0.15, -0.1) is 0 Å². The van der Waals surface area contributed by atoms with Crippen LogP contribution in [0.5, 0.6) is 0 Å². The molecule has 0 bridgehead atoms. The zero-order valence-corrected chi connectivity index (χ0v) is 20.9. The highest BCUT2D eigenvalue weighted by molar-refractivity contribution is 5.99. The molecule has 194 valence electrons. The van der Waals surface area contributed by atoms with E-state index in [0.717, 1.165) is 16.8 Å². The third kappa shape index (κ3) is 4.90. The summed E-state index contributed by atoms with van der Waals surface area (Å²) < 4.78 is 5.55. The minimum absolute atomic E-state index is 0.0863. The van der Waals surface area contributed by atoms with Crippen molar-refractivity contribution in [1.82, 2.24) is 30.4 Å². The summed E-state index contributed by atoms with van der Waals surface area (Å²) in [5.74, 6) is 1.14. The molecule has 11 heteroatoms. The lowest BCUT2D eigenvalue weighted by Gasteiger charge is -2.19. The van der Waals surface area contributed by atoms with Gasteiger partial charge in [-0.25, -0.2) is 4.98 Å². The lowest BCUT2D eigenvalue weighted by atomic mass is 10.1.